The van der Waals surface area contributed by atoms with Crippen molar-refractivity contribution in [2.75, 3.05) is 77.4 Å². The molecule has 4 rings (SSSR count). The second-order valence-electron chi connectivity index (χ2n) is 12.6. The maximum Gasteiger partial charge on any atom is 0.0780 e. The maximum absolute atomic E-state index is 6.27. The van der Waals surface area contributed by atoms with Crippen LogP contribution >= 0.6 is 0 Å². The molecule has 2 saturated heterocycles. The van der Waals surface area contributed by atoms with Crippen molar-refractivity contribution in [3.8, 4) is 0 Å². The van der Waals surface area contributed by atoms with Gasteiger partial charge in [0.2, 0.25) is 0 Å². The van der Waals surface area contributed by atoms with Crippen molar-refractivity contribution in [3.05, 3.63) is 47.0 Å². The third-order valence-electron chi connectivity index (χ3n) is 8.05. The molecule has 2 aliphatic heterocycles. The summed E-state index contributed by atoms with van der Waals surface area (Å²) in [6.45, 7) is 15.7. The molecule has 8 heteroatoms. The van der Waals surface area contributed by atoms with Crippen LogP contribution < -0.4 is 9.80 Å². The average Bonchev–Trinajstić information content (AvgIpc) is 2.91. The van der Waals surface area contributed by atoms with Crippen LogP contribution in [0, 0.1) is 0 Å². The van der Waals surface area contributed by atoms with Crippen LogP contribution in [-0.4, -0.2) is 99.6 Å². The van der Waals surface area contributed by atoms with Gasteiger partial charge in [-0.15, -0.1) is 0 Å². The first kappa shape index (κ1) is 30.7. The number of rotatable bonds is 11. The topological polar surface area (TPSA) is 57.2 Å². The van der Waals surface area contributed by atoms with E-state index in [0.29, 0.717) is 17.9 Å². The first-order valence-corrected chi connectivity index (χ1v) is 15.1. The van der Waals surface area contributed by atoms with Crippen molar-refractivity contribution in [1.29, 1.82) is 0 Å². The van der Waals surface area contributed by atoms with Crippen molar-refractivity contribution in [2.24, 2.45) is 0 Å². The summed E-state index contributed by atoms with van der Waals surface area (Å²) in [6, 6.07) is 9.37. The SMILES string of the molecule is CC(C)c1ccc(N2CCO[C@H](CCC(C)c3ccc(N4CCOC[C@H]4C)c(CN(C)C)n3)C2)c(CN(C)C)n1. The van der Waals surface area contributed by atoms with Crippen molar-refractivity contribution >= 4 is 11.4 Å². The van der Waals surface area contributed by atoms with Crippen LogP contribution in [0.25, 0.3) is 0 Å². The Morgan fingerprint density at radius 1 is 0.875 bits per heavy atom. The van der Waals surface area contributed by atoms with Crippen LogP contribution in [0.1, 0.15) is 75.1 Å². The lowest BCUT2D eigenvalue weighted by molar-refractivity contribution is 0.0329. The van der Waals surface area contributed by atoms with Crippen molar-refractivity contribution in [2.45, 2.75) is 77.6 Å². The first-order valence-electron chi connectivity index (χ1n) is 15.1. The summed E-state index contributed by atoms with van der Waals surface area (Å²) >= 11 is 0. The molecule has 0 spiro atoms. The number of aromatic nitrogens is 2. The zero-order valence-corrected chi connectivity index (χ0v) is 26.2. The molecule has 0 aromatic carbocycles. The molecule has 0 radical (unpaired) electrons. The standard InChI is InChI=1S/C32H52N6O2/c1-23(2)27-11-13-31(29(33-27)20-35(5)6)37-15-18-40-26(19-37)10-9-24(3)28-12-14-32(30(34-28)21-36(7)8)38-16-17-39-22-25(38)4/h11-14,23-26H,9-10,15-22H2,1-8H3/t24?,25-,26-/m1/s1. The summed E-state index contributed by atoms with van der Waals surface area (Å²) in [5, 5.41) is 0. The van der Waals surface area contributed by atoms with Gasteiger partial charge >= 0.3 is 0 Å². The molecule has 8 nitrogen and oxygen atoms in total. The van der Waals surface area contributed by atoms with Gasteiger partial charge in [0, 0.05) is 50.2 Å². The summed E-state index contributed by atoms with van der Waals surface area (Å²) in [6.07, 6.45) is 2.28. The highest BCUT2D eigenvalue weighted by Crippen LogP contribution is 2.30. The minimum atomic E-state index is 0.211. The van der Waals surface area contributed by atoms with Crippen LogP contribution in [0.5, 0.6) is 0 Å². The second-order valence-corrected chi connectivity index (χ2v) is 12.6. The number of ether oxygens (including phenoxy) is 2. The zero-order valence-electron chi connectivity index (χ0n) is 26.2. The average molecular weight is 553 g/mol. The molecule has 222 valence electrons. The largest absolute Gasteiger partial charge is 0.377 e. The van der Waals surface area contributed by atoms with E-state index >= 15 is 0 Å². The second kappa shape index (κ2) is 14.1. The molecule has 2 fully saturated rings. The number of pyridine rings is 2. The van der Waals surface area contributed by atoms with Gasteiger partial charge in [-0.1, -0.05) is 20.8 Å². The number of hydrogen-bond acceptors (Lipinski definition) is 8. The predicted octanol–water partition coefficient (Wildman–Crippen LogP) is 4.74. The Labute approximate surface area is 242 Å². The number of nitrogens with zero attached hydrogens (tertiary/aromatic N) is 6. The van der Waals surface area contributed by atoms with Gasteiger partial charge < -0.3 is 29.1 Å². The van der Waals surface area contributed by atoms with Crippen molar-refractivity contribution in [3.63, 3.8) is 0 Å². The molecule has 0 N–H and O–H groups in total. The smallest absolute Gasteiger partial charge is 0.0780 e. The van der Waals surface area contributed by atoms with E-state index in [1.807, 2.05) is 0 Å². The Balaban J connectivity index is 1.43. The van der Waals surface area contributed by atoms with Gasteiger partial charge in [0.05, 0.1) is 48.7 Å². The van der Waals surface area contributed by atoms with Gasteiger partial charge in [0.15, 0.2) is 0 Å². The highest BCUT2D eigenvalue weighted by Gasteiger charge is 2.26. The number of anilines is 2. The van der Waals surface area contributed by atoms with E-state index in [1.165, 1.54) is 17.1 Å². The van der Waals surface area contributed by atoms with E-state index in [2.05, 4.69) is 99.8 Å². The van der Waals surface area contributed by atoms with E-state index in [1.54, 1.807) is 0 Å². The number of hydrogen-bond donors (Lipinski definition) is 0. The van der Waals surface area contributed by atoms with Crippen LogP contribution in [0.4, 0.5) is 11.4 Å². The minimum Gasteiger partial charge on any atom is -0.377 e. The van der Waals surface area contributed by atoms with Gasteiger partial charge in [-0.2, -0.15) is 0 Å². The maximum atomic E-state index is 6.27. The van der Waals surface area contributed by atoms with Gasteiger partial charge in [-0.05, 0) is 84.1 Å². The van der Waals surface area contributed by atoms with Crippen molar-refractivity contribution < 1.29 is 9.47 Å². The summed E-state index contributed by atoms with van der Waals surface area (Å²) in [4.78, 5) is 19.6. The number of morpholine rings is 2. The van der Waals surface area contributed by atoms with Gasteiger partial charge in [0.25, 0.3) is 0 Å². The molecule has 4 heterocycles. The van der Waals surface area contributed by atoms with Crippen LogP contribution in [0.15, 0.2) is 24.3 Å². The fraction of sp³-hybridized carbons (Fsp3) is 0.688. The summed E-state index contributed by atoms with van der Waals surface area (Å²) in [5.41, 5.74) is 7.16. The molecule has 3 atom stereocenters. The Morgan fingerprint density at radius 3 is 2.20 bits per heavy atom. The summed E-state index contributed by atoms with van der Waals surface area (Å²) in [5.74, 6) is 0.791. The highest BCUT2D eigenvalue weighted by molar-refractivity contribution is 5.53. The van der Waals surface area contributed by atoms with Crippen LogP contribution in [-0.2, 0) is 22.6 Å². The quantitative estimate of drug-likeness (QED) is 0.396. The Kier molecular flexibility index (Phi) is 10.8. The third-order valence-corrected chi connectivity index (χ3v) is 8.05. The fourth-order valence-corrected chi connectivity index (χ4v) is 5.78. The van der Waals surface area contributed by atoms with E-state index in [-0.39, 0.29) is 6.10 Å². The molecule has 0 saturated carbocycles. The Morgan fingerprint density at radius 2 is 1.52 bits per heavy atom. The molecular weight excluding hydrogens is 500 g/mol. The lowest BCUT2D eigenvalue weighted by Gasteiger charge is -2.37. The molecule has 40 heavy (non-hydrogen) atoms. The predicted molar refractivity (Wildman–Crippen MR) is 165 cm³/mol. The monoisotopic (exact) mass is 552 g/mol. The third kappa shape index (κ3) is 7.93. The Hall–Kier alpha value is -2.26. The molecule has 2 aromatic heterocycles. The van der Waals surface area contributed by atoms with E-state index in [0.717, 1.165) is 82.5 Å². The lowest BCUT2D eigenvalue weighted by Crippen LogP contribution is -2.44. The van der Waals surface area contributed by atoms with Gasteiger partial charge in [0.1, 0.15) is 0 Å². The summed E-state index contributed by atoms with van der Waals surface area (Å²) in [7, 11) is 8.46. The molecule has 0 aliphatic carbocycles. The first-order chi connectivity index (χ1) is 19.1. The van der Waals surface area contributed by atoms with Gasteiger partial charge in [-0.25, -0.2) is 0 Å². The van der Waals surface area contributed by atoms with Crippen LogP contribution in [0.2, 0.25) is 0 Å². The normalized spacial score (nSPS) is 21.1. The van der Waals surface area contributed by atoms with Crippen molar-refractivity contribution in [1.82, 2.24) is 19.8 Å². The van der Waals surface area contributed by atoms with E-state index < -0.39 is 0 Å². The zero-order chi connectivity index (χ0) is 28.8. The molecule has 1 unspecified atom stereocenters. The lowest BCUT2D eigenvalue weighted by atomic mass is 9.97. The molecular formula is C32H52N6O2. The molecule has 2 aromatic rings. The molecule has 0 amide bonds. The van der Waals surface area contributed by atoms with Gasteiger partial charge in [-0.3, -0.25) is 9.97 Å². The Bertz CT molecular complexity index is 1090. The summed E-state index contributed by atoms with van der Waals surface area (Å²) < 4.78 is 12.0. The van der Waals surface area contributed by atoms with E-state index in [4.69, 9.17) is 19.4 Å². The van der Waals surface area contributed by atoms with Crippen LogP contribution in [0.3, 0.4) is 0 Å². The fourth-order valence-electron chi connectivity index (χ4n) is 5.78. The van der Waals surface area contributed by atoms with E-state index in [9.17, 15) is 0 Å². The molecule has 0 bridgehead atoms. The molecule has 2 aliphatic rings. The minimum absolute atomic E-state index is 0.211. The highest BCUT2D eigenvalue weighted by atomic mass is 16.5.